The molecule has 0 aromatic heterocycles. The Kier molecular flexibility index (Phi) is 3.82. The van der Waals surface area contributed by atoms with Crippen molar-refractivity contribution in [1.82, 2.24) is 0 Å². The molecule has 86 valence electrons. The van der Waals surface area contributed by atoms with Gasteiger partial charge in [0.2, 0.25) is 5.69 Å². The number of hydrogen-bond donors (Lipinski definition) is 0. The molecule has 0 amide bonds. The minimum Gasteiger partial charge on any atom is -0.618 e. The second-order valence-electron chi connectivity index (χ2n) is 3.48. The molecule has 0 saturated carbocycles. The van der Waals surface area contributed by atoms with Crippen LogP contribution in [0.1, 0.15) is 5.56 Å². The molecule has 4 heteroatoms. The summed E-state index contributed by atoms with van der Waals surface area (Å²) in [5.41, 5.74) is 1.40. The van der Waals surface area contributed by atoms with Crippen molar-refractivity contribution >= 4 is 39.4 Å². The predicted octanol–water partition coefficient (Wildman–Crippen LogP) is 4.36. The number of halogens is 2. The molecular weight excluding hydrogens is 302 g/mol. The van der Waals surface area contributed by atoms with E-state index in [1.165, 1.54) is 6.21 Å². The quantitative estimate of drug-likeness (QED) is 0.350. The lowest BCUT2D eigenvalue weighted by atomic mass is 10.2. The SMILES string of the molecule is [O-]/[N+](=C/c1ccc(Cl)cc1)c1ccc(Br)cc1. The maximum Gasteiger partial charge on any atom is 0.216 e. The molecule has 2 rings (SSSR count). The first-order valence-corrected chi connectivity index (χ1v) is 6.14. The van der Waals surface area contributed by atoms with Crippen LogP contribution in [0, 0.1) is 5.21 Å². The zero-order chi connectivity index (χ0) is 12.3. The maximum absolute atomic E-state index is 11.8. The smallest absolute Gasteiger partial charge is 0.216 e. The lowest BCUT2D eigenvalue weighted by Gasteiger charge is -2.02. The fourth-order valence-electron chi connectivity index (χ4n) is 1.35. The van der Waals surface area contributed by atoms with Crippen molar-refractivity contribution in [1.29, 1.82) is 0 Å². The third kappa shape index (κ3) is 3.32. The standard InChI is InChI=1S/C13H9BrClNO/c14-11-3-7-13(8-4-11)16(17)9-10-1-5-12(15)6-2-10/h1-9H/b16-9+. The normalized spacial score (nSPS) is 11.5. The van der Waals surface area contributed by atoms with E-state index in [1.807, 2.05) is 12.1 Å². The van der Waals surface area contributed by atoms with E-state index in [0.29, 0.717) is 10.7 Å². The summed E-state index contributed by atoms with van der Waals surface area (Å²) in [6.07, 6.45) is 1.51. The zero-order valence-corrected chi connectivity index (χ0v) is 11.1. The highest BCUT2D eigenvalue weighted by molar-refractivity contribution is 9.10. The molecule has 0 aliphatic rings. The van der Waals surface area contributed by atoms with Crippen molar-refractivity contribution in [3.8, 4) is 0 Å². The molecule has 0 unspecified atom stereocenters. The van der Waals surface area contributed by atoms with Crippen LogP contribution >= 0.6 is 27.5 Å². The van der Waals surface area contributed by atoms with Gasteiger partial charge in [0.15, 0.2) is 6.21 Å². The molecule has 17 heavy (non-hydrogen) atoms. The van der Waals surface area contributed by atoms with Crippen LogP contribution in [0.15, 0.2) is 53.0 Å². The first kappa shape index (κ1) is 12.1. The predicted molar refractivity (Wildman–Crippen MR) is 74.0 cm³/mol. The second kappa shape index (κ2) is 5.34. The summed E-state index contributed by atoms with van der Waals surface area (Å²) in [6, 6.07) is 14.3. The van der Waals surface area contributed by atoms with Crippen LogP contribution in [0.5, 0.6) is 0 Å². The monoisotopic (exact) mass is 309 g/mol. The van der Waals surface area contributed by atoms with Gasteiger partial charge in [-0.25, -0.2) is 0 Å². The summed E-state index contributed by atoms with van der Waals surface area (Å²) in [6.45, 7) is 0. The molecule has 0 fully saturated rings. The summed E-state index contributed by atoms with van der Waals surface area (Å²) in [5, 5.41) is 12.5. The zero-order valence-electron chi connectivity index (χ0n) is 8.81. The van der Waals surface area contributed by atoms with Gasteiger partial charge in [-0.05, 0) is 36.4 Å². The highest BCUT2D eigenvalue weighted by atomic mass is 79.9. The number of benzene rings is 2. The van der Waals surface area contributed by atoms with Crippen molar-refractivity contribution in [2.75, 3.05) is 0 Å². The van der Waals surface area contributed by atoms with E-state index >= 15 is 0 Å². The second-order valence-corrected chi connectivity index (χ2v) is 4.83. The van der Waals surface area contributed by atoms with Crippen molar-refractivity contribution < 1.29 is 4.74 Å². The van der Waals surface area contributed by atoms with Gasteiger partial charge in [0.25, 0.3) is 0 Å². The largest absolute Gasteiger partial charge is 0.618 e. The number of hydrogen-bond acceptors (Lipinski definition) is 1. The summed E-state index contributed by atoms with van der Waals surface area (Å²) < 4.78 is 1.77. The lowest BCUT2D eigenvalue weighted by Crippen LogP contribution is -1.98. The van der Waals surface area contributed by atoms with Crippen LogP contribution < -0.4 is 0 Å². The fourth-order valence-corrected chi connectivity index (χ4v) is 1.74. The highest BCUT2D eigenvalue weighted by Crippen LogP contribution is 2.16. The van der Waals surface area contributed by atoms with E-state index in [9.17, 15) is 5.21 Å². The van der Waals surface area contributed by atoms with Crippen molar-refractivity contribution in [2.45, 2.75) is 0 Å². The minimum atomic E-state index is 0.586. The van der Waals surface area contributed by atoms with Gasteiger partial charge in [-0.2, -0.15) is 4.74 Å². The molecule has 2 aromatic rings. The molecule has 0 spiro atoms. The van der Waals surface area contributed by atoms with Crippen LogP contribution in [-0.2, 0) is 0 Å². The van der Waals surface area contributed by atoms with Gasteiger partial charge in [-0.3, -0.25) is 0 Å². The van der Waals surface area contributed by atoms with Gasteiger partial charge in [0.1, 0.15) is 0 Å². The van der Waals surface area contributed by atoms with Gasteiger partial charge in [-0.15, -0.1) is 0 Å². The van der Waals surface area contributed by atoms with Crippen LogP contribution in [0.25, 0.3) is 0 Å². The lowest BCUT2D eigenvalue weighted by molar-refractivity contribution is -0.354. The molecule has 0 atom stereocenters. The summed E-state index contributed by atoms with van der Waals surface area (Å²) in [4.78, 5) is 0. The third-order valence-corrected chi connectivity index (χ3v) is 3.00. The molecule has 2 nitrogen and oxygen atoms in total. The molecule has 0 saturated heterocycles. The Morgan fingerprint density at radius 3 is 2.18 bits per heavy atom. The molecule has 0 aliphatic heterocycles. The summed E-state index contributed by atoms with van der Waals surface area (Å²) in [7, 11) is 0. The maximum atomic E-state index is 11.8. The first-order chi connectivity index (χ1) is 8.15. The molecule has 0 aliphatic carbocycles. The number of nitrogens with zero attached hydrogens (tertiary/aromatic N) is 1. The molecule has 0 N–H and O–H groups in total. The van der Waals surface area contributed by atoms with E-state index < -0.39 is 0 Å². The summed E-state index contributed by atoms with van der Waals surface area (Å²) >= 11 is 9.10. The highest BCUT2D eigenvalue weighted by Gasteiger charge is 2.01. The summed E-state index contributed by atoms with van der Waals surface area (Å²) in [5.74, 6) is 0. The minimum absolute atomic E-state index is 0.586. The Morgan fingerprint density at radius 1 is 1.00 bits per heavy atom. The van der Waals surface area contributed by atoms with Gasteiger partial charge in [-0.1, -0.05) is 27.5 Å². The Labute approximate surface area is 113 Å². The van der Waals surface area contributed by atoms with E-state index in [2.05, 4.69) is 15.9 Å². The fraction of sp³-hybridized carbons (Fsp3) is 0. The van der Waals surface area contributed by atoms with Crippen LogP contribution in [0.4, 0.5) is 5.69 Å². The number of rotatable bonds is 2. The molecule has 2 aromatic carbocycles. The molecule has 0 radical (unpaired) electrons. The average molecular weight is 311 g/mol. The molecule has 0 heterocycles. The van der Waals surface area contributed by atoms with Gasteiger partial charge < -0.3 is 5.21 Å². The first-order valence-electron chi connectivity index (χ1n) is 4.97. The van der Waals surface area contributed by atoms with E-state index in [-0.39, 0.29) is 0 Å². The Balaban J connectivity index is 2.27. The van der Waals surface area contributed by atoms with E-state index in [0.717, 1.165) is 14.8 Å². The van der Waals surface area contributed by atoms with Crippen LogP contribution in [-0.4, -0.2) is 11.0 Å². The topological polar surface area (TPSA) is 26.1 Å². The Hall–Kier alpha value is -1.32. The van der Waals surface area contributed by atoms with Crippen molar-refractivity contribution in [3.63, 3.8) is 0 Å². The van der Waals surface area contributed by atoms with E-state index in [4.69, 9.17) is 11.6 Å². The van der Waals surface area contributed by atoms with Crippen molar-refractivity contribution in [2.24, 2.45) is 0 Å². The van der Waals surface area contributed by atoms with Crippen LogP contribution in [0.2, 0.25) is 5.02 Å². The van der Waals surface area contributed by atoms with E-state index in [1.54, 1.807) is 36.4 Å². The van der Waals surface area contributed by atoms with Crippen LogP contribution in [0.3, 0.4) is 0 Å². The van der Waals surface area contributed by atoms with Crippen molar-refractivity contribution in [3.05, 3.63) is 68.8 Å². The molecule has 0 bridgehead atoms. The third-order valence-electron chi connectivity index (χ3n) is 2.22. The van der Waals surface area contributed by atoms with Gasteiger partial charge in [0, 0.05) is 27.2 Å². The van der Waals surface area contributed by atoms with Gasteiger partial charge >= 0.3 is 0 Å². The average Bonchev–Trinajstić information content (AvgIpc) is 2.33. The Bertz CT molecular complexity index is 534. The van der Waals surface area contributed by atoms with Gasteiger partial charge in [0.05, 0.1) is 0 Å². The molecular formula is C13H9BrClNO. The Morgan fingerprint density at radius 2 is 1.59 bits per heavy atom.